The number of anilines is 1. The normalized spacial score (nSPS) is 19.2. The second kappa shape index (κ2) is 14.9. The van der Waals surface area contributed by atoms with Crippen LogP contribution < -0.4 is 10.1 Å². The number of carbonyl (C=O) groups is 1. The number of aromatic nitrogens is 2. The molecule has 0 bridgehead atoms. The number of fused-ring (bicyclic) bond motifs is 1. The van der Waals surface area contributed by atoms with Gasteiger partial charge in [0.15, 0.2) is 0 Å². The summed E-state index contributed by atoms with van der Waals surface area (Å²) in [7, 11) is 1.64. The minimum atomic E-state index is -0.0677. The number of nitrogens with one attached hydrogen (secondary N) is 1. The maximum Gasteiger partial charge on any atom is 0.257 e. The molecule has 2 saturated heterocycles. The zero-order chi connectivity index (χ0) is 31.9. The highest BCUT2D eigenvalue weighted by Gasteiger charge is 2.42. The fraction of sp³-hybridized carbons (Fsp3) is 0.459. The summed E-state index contributed by atoms with van der Waals surface area (Å²) in [6, 6.07) is 25.5. The highest BCUT2D eigenvalue weighted by Crippen LogP contribution is 2.39. The lowest BCUT2D eigenvalue weighted by Crippen LogP contribution is -2.42. The van der Waals surface area contributed by atoms with Crippen LogP contribution in [0.15, 0.2) is 77.7 Å². The Morgan fingerprint density at radius 3 is 2.57 bits per heavy atom. The Hall–Kier alpha value is -3.53. The lowest BCUT2D eigenvalue weighted by molar-refractivity contribution is 0.0776. The van der Waals surface area contributed by atoms with Crippen molar-refractivity contribution in [2.75, 3.05) is 64.6 Å². The summed E-state index contributed by atoms with van der Waals surface area (Å²) in [4.78, 5) is 24.5. The van der Waals surface area contributed by atoms with E-state index in [1.54, 1.807) is 18.9 Å². The second-order valence-electron chi connectivity index (χ2n) is 12.5. The minimum Gasteiger partial charge on any atom is -0.496 e. The van der Waals surface area contributed by atoms with Crippen molar-refractivity contribution >= 4 is 34.7 Å². The first-order valence-corrected chi connectivity index (χ1v) is 17.8. The summed E-state index contributed by atoms with van der Waals surface area (Å²) in [5, 5.41) is 3.78. The largest absolute Gasteiger partial charge is 0.496 e. The smallest absolute Gasteiger partial charge is 0.257 e. The first kappa shape index (κ1) is 32.4. The number of carbonyl (C=O) groups excluding carboxylic acids is 1. The third kappa shape index (κ3) is 7.06. The quantitative estimate of drug-likeness (QED) is 0.131. The van der Waals surface area contributed by atoms with Gasteiger partial charge < -0.3 is 29.2 Å². The maximum atomic E-state index is 13.9. The zero-order valence-electron chi connectivity index (χ0n) is 27.4. The average Bonchev–Trinajstić information content (AvgIpc) is 3.70. The van der Waals surface area contributed by atoms with Crippen molar-refractivity contribution in [3.8, 4) is 5.75 Å². The average molecular weight is 642 g/mol. The van der Waals surface area contributed by atoms with Gasteiger partial charge in [0.05, 0.1) is 30.3 Å². The van der Waals surface area contributed by atoms with E-state index >= 15 is 0 Å². The van der Waals surface area contributed by atoms with Gasteiger partial charge in [-0.05, 0) is 81.3 Å². The Balaban J connectivity index is 1.10. The Morgan fingerprint density at radius 1 is 1.02 bits per heavy atom. The lowest BCUT2D eigenvalue weighted by Gasteiger charge is -2.36. The number of thioether (sulfide) groups is 1. The number of rotatable bonds is 13. The van der Waals surface area contributed by atoms with Crippen molar-refractivity contribution in [3.05, 3.63) is 83.9 Å². The molecule has 3 heterocycles. The summed E-state index contributed by atoms with van der Waals surface area (Å²) in [6.07, 6.45) is 6.16. The molecule has 2 fully saturated rings. The van der Waals surface area contributed by atoms with Gasteiger partial charge in [-0.25, -0.2) is 4.98 Å². The van der Waals surface area contributed by atoms with Crippen molar-refractivity contribution in [1.82, 2.24) is 19.4 Å². The SMILES string of the molecule is CCOCCn1c(NC2CCN(CCC3(c4ccccc4)CCN(C(=O)c4cc(SC)ccc4OC)C3)CC2)nc2ccccc21. The summed E-state index contributed by atoms with van der Waals surface area (Å²) < 4.78 is 13.5. The van der Waals surface area contributed by atoms with Crippen LogP contribution in [0.5, 0.6) is 5.75 Å². The third-order valence-electron chi connectivity index (χ3n) is 9.81. The Labute approximate surface area is 277 Å². The van der Waals surface area contributed by atoms with E-state index in [0.717, 1.165) is 86.8 Å². The second-order valence-corrected chi connectivity index (χ2v) is 13.4. The molecule has 2 aliphatic heterocycles. The zero-order valence-corrected chi connectivity index (χ0v) is 28.2. The van der Waals surface area contributed by atoms with Gasteiger partial charge in [0.25, 0.3) is 5.91 Å². The molecule has 9 heteroatoms. The van der Waals surface area contributed by atoms with E-state index in [4.69, 9.17) is 14.5 Å². The molecule has 1 N–H and O–H groups in total. The van der Waals surface area contributed by atoms with E-state index in [2.05, 4.69) is 63.3 Å². The van der Waals surface area contributed by atoms with Crippen LogP contribution in [-0.2, 0) is 16.7 Å². The summed E-state index contributed by atoms with van der Waals surface area (Å²) in [5.74, 6) is 1.64. The van der Waals surface area contributed by atoms with E-state index in [1.807, 2.05) is 42.3 Å². The number of para-hydroxylation sites is 2. The summed E-state index contributed by atoms with van der Waals surface area (Å²) in [5.41, 5.74) is 4.08. The number of methoxy groups -OCH3 is 1. The number of hydrogen-bond acceptors (Lipinski definition) is 7. The van der Waals surface area contributed by atoms with Gasteiger partial charge in [-0.3, -0.25) is 4.79 Å². The molecule has 0 radical (unpaired) electrons. The van der Waals surface area contributed by atoms with Gasteiger partial charge in [0.2, 0.25) is 5.95 Å². The van der Waals surface area contributed by atoms with Crippen molar-refractivity contribution in [2.24, 2.45) is 0 Å². The Morgan fingerprint density at radius 2 is 1.80 bits per heavy atom. The number of imidazole rings is 1. The number of amides is 1. The van der Waals surface area contributed by atoms with Crippen LogP contribution in [0.2, 0.25) is 0 Å². The van der Waals surface area contributed by atoms with Gasteiger partial charge in [0, 0.05) is 55.7 Å². The standard InChI is InChI=1S/C37H47N5O3S/c1-4-45-25-24-42-33-13-9-8-12-32(33)39-36(42)38-29-16-20-40(21-17-29)22-18-37(28-10-6-5-7-11-28)19-23-41(27-37)35(43)31-26-30(46-3)14-15-34(31)44-2/h5-15,26,29H,4,16-25,27H2,1-3H3,(H,38,39). The van der Waals surface area contributed by atoms with E-state index < -0.39 is 0 Å². The van der Waals surface area contributed by atoms with Crippen LogP contribution in [-0.4, -0.2) is 90.6 Å². The molecule has 1 amide bonds. The predicted molar refractivity (Wildman–Crippen MR) is 187 cm³/mol. The van der Waals surface area contributed by atoms with Gasteiger partial charge >= 0.3 is 0 Å². The number of likely N-dealkylation sites (tertiary alicyclic amines) is 2. The summed E-state index contributed by atoms with van der Waals surface area (Å²) >= 11 is 1.64. The molecule has 0 spiro atoms. The monoisotopic (exact) mass is 641 g/mol. The fourth-order valence-electron chi connectivity index (χ4n) is 7.14. The highest BCUT2D eigenvalue weighted by atomic mass is 32.2. The molecular formula is C37H47N5O3S. The molecule has 244 valence electrons. The maximum absolute atomic E-state index is 13.9. The molecule has 6 rings (SSSR count). The Kier molecular flexibility index (Phi) is 10.5. The predicted octanol–water partition coefficient (Wildman–Crippen LogP) is 6.55. The minimum absolute atomic E-state index is 0.0599. The van der Waals surface area contributed by atoms with Crippen molar-refractivity contribution in [2.45, 2.75) is 55.5 Å². The van der Waals surface area contributed by atoms with E-state index in [9.17, 15) is 4.79 Å². The van der Waals surface area contributed by atoms with Crippen LogP contribution in [0.25, 0.3) is 11.0 Å². The van der Waals surface area contributed by atoms with Gasteiger partial charge in [0.1, 0.15) is 5.75 Å². The van der Waals surface area contributed by atoms with Crippen LogP contribution >= 0.6 is 11.8 Å². The van der Waals surface area contributed by atoms with E-state index in [0.29, 0.717) is 30.6 Å². The van der Waals surface area contributed by atoms with Crippen LogP contribution in [0, 0.1) is 0 Å². The first-order valence-electron chi connectivity index (χ1n) is 16.6. The number of piperidine rings is 1. The molecule has 3 aromatic carbocycles. The molecule has 0 aliphatic carbocycles. The lowest BCUT2D eigenvalue weighted by atomic mass is 9.76. The molecule has 1 aromatic heterocycles. The third-order valence-corrected chi connectivity index (χ3v) is 10.5. The Bertz CT molecular complexity index is 1600. The number of hydrogen-bond donors (Lipinski definition) is 1. The van der Waals surface area contributed by atoms with Crippen molar-refractivity contribution in [1.29, 1.82) is 0 Å². The molecule has 1 unspecified atom stereocenters. The fourth-order valence-corrected chi connectivity index (χ4v) is 7.58. The van der Waals surface area contributed by atoms with Crippen molar-refractivity contribution in [3.63, 3.8) is 0 Å². The van der Waals surface area contributed by atoms with Crippen LogP contribution in [0.3, 0.4) is 0 Å². The molecule has 2 aliphatic rings. The van der Waals surface area contributed by atoms with E-state index in [1.165, 1.54) is 5.56 Å². The molecule has 0 saturated carbocycles. The van der Waals surface area contributed by atoms with Gasteiger partial charge in [-0.1, -0.05) is 42.5 Å². The first-order chi connectivity index (χ1) is 22.5. The summed E-state index contributed by atoms with van der Waals surface area (Å²) in [6.45, 7) is 8.78. The number of ether oxygens (including phenoxy) is 2. The molecule has 46 heavy (non-hydrogen) atoms. The molecule has 1 atom stereocenters. The molecule has 8 nitrogen and oxygen atoms in total. The van der Waals surface area contributed by atoms with Crippen molar-refractivity contribution < 1.29 is 14.3 Å². The number of benzene rings is 3. The number of nitrogens with zero attached hydrogens (tertiary/aromatic N) is 4. The molecule has 4 aromatic rings. The van der Waals surface area contributed by atoms with Crippen LogP contribution in [0.4, 0.5) is 5.95 Å². The van der Waals surface area contributed by atoms with Crippen LogP contribution in [0.1, 0.15) is 48.5 Å². The molecular weight excluding hydrogens is 595 g/mol. The topological polar surface area (TPSA) is 71.9 Å². The van der Waals surface area contributed by atoms with E-state index in [-0.39, 0.29) is 11.3 Å². The highest BCUT2D eigenvalue weighted by molar-refractivity contribution is 7.98. The van der Waals surface area contributed by atoms with Gasteiger partial charge in [-0.15, -0.1) is 11.8 Å². The van der Waals surface area contributed by atoms with Gasteiger partial charge in [-0.2, -0.15) is 0 Å².